The molecule has 0 aliphatic rings. The average molecular weight is 274 g/mol. The Morgan fingerprint density at radius 3 is 2.32 bits per heavy atom. The Labute approximate surface area is 110 Å². The van der Waals surface area contributed by atoms with Crippen LogP contribution in [0.25, 0.3) is 0 Å². The molecule has 1 atom stereocenters. The third-order valence-corrected chi connectivity index (χ3v) is 2.88. The van der Waals surface area contributed by atoms with Crippen LogP contribution in [0.4, 0.5) is 18.9 Å². The molecule has 0 radical (unpaired) electrons. The number of anilines is 1. The standard InChI is InChI=1S/C13H17F3N2O/c1-2-9(8-17)7-12(19)18-11-5-3-10(4-6-11)13(14,15)16/h3-6,9H,2,7-8,17H2,1H3,(H,18,19). The quantitative estimate of drug-likeness (QED) is 0.867. The van der Waals surface area contributed by atoms with Gasteiger partial charge in [-0.05, 0) is 36.7 Å². The van der Waals surface area contributed by atoms with Gasteiger partial charge >= 0.3 is 6.18 Å². The molecule has 3 N–H and O–H groups in total. The van der Waals surface area contributed by atoms with Gasteiger partial charge in [0.2, 0.25) is 5.91 Å². The number of carbonyl (C=O) groups is 1. The monoisotopic (exact) mass is 274 g/mol. The third kappa shape index (κ3) is 4.90. The maximum Gasteiger partial charge on any atom is 0.416 e. The van der Waals surface area contributed by atoms with Crippen molar-refractivity contribution in [2.24, 2.45) is 11.7 Å². The van der Waals surface area contributed by atoms with Crippen LogP contribution >= 0.6 is 0 Å². The van der Waals surface area contributed by atoms with Gasteiger partial charge in [-0.25, -0.2) is 0 Å². The van der Waals surface area contributed by atoms with Gasteiger partial charge in [-0.3, -0.25) is 4.79 Å². The Morgan fingerprint density at radius 2 is 1.89 bits per heavy atom. The summed E-state index contributed by atoms with van der Waals surface area (Å²) in [5, 5.41) is 2.56. The van der Waals surface area contributed by atoms with Crippen LogP contribution in [0.3, 0.4) is 0 Å². The zero-order chi connectivity index (χ0) is 14.5. The van der Waals surface area contributed by atoms with Crippen molar-refractivity contribution in [2.75, 3.05) is 11.9 Å². The van der Waals surface area contributed by atoms with Gasteiger partial charge in [-0.1, -0.05) is 13.3 Å². The summed E-state index contributed by atoms with van der Waals surface area (Å²) in [4.78, 5) is 11.6. The normalized spacial score (nSPS) is 13.1. The fourth-order valence-electron chi connectivity index (χ4n) is 1.61. The molecule has 3 nitrogen and oxygen atoms in total. The Morgan fingerprint density at radius 1 is 1.32 bits per heavy atom. The molecule has 106 valence electrons. The van der Waals surface area contributed by atoms with Crippen molar-refractivity contribution in [3.63, 3.8) is 0 Å². The van der Waals surface area contributed by atoms with Gasteiger partial charge < -0.3 is 11.1 Å². The van der Waals surface area contributed by atoms with Crippen LogP contribution in [0.15, 0.2) is 24.3 Å². The molecule has 19 heavy (non-hydrogen) atoms. The van der Waals surface area contributed by atoms with Crippen molar-refractivity contribution in [3.05, 3.63) is 29.8 Å². The van der Waals surface area contributed by atoms with Crippen molar-refractivity contribution in [2.45, 2.75) is 25.9 Å². The Hall–Kier alpha value is -1.56. The van der Waals surface area contributed by atoms with Crippen molar-refractivity contribution < 1.29 is 18.0 Å². The summed E-state index contributed by atoms with van der Waals surface area (Å²) in [5.41, 5.74) is 5.10. The van der Waals surface area contributed by atoms with E-state index in [4.69, 9.17) is 5.73 Å². The lowest BCUT2D eigenvalue weighted by atomic mass is 10.0. The molecular formula is C13H17F3N2O. The molecule has 0 heterocycles. The smallest absolute Gasteiger partial charge is 0.330 e. The molecule has 0 aliphatic carbocycles. The molecule has 6 heteroatoms. The fraction of sp³-hybridized carbons (Fsp3) is 0.462. The lowest BCUT2D eigenvalue weighted by Crippen LogP contribution is -2.21. The minimum absolute atomic E-state index is 0.0921. The average Bonchev–Trinajstić information content (AvgIpc) is 2.35. The second-order valence-corrected chi connectivity index (χ2v) is 4.34. The van der Waals surface area contributed by atoms with Crippen molar-refractivity contribution >= 4 is 11.6 Å². The van der Waals surface area contributed by atoms with Crippen LogP contribution in [0.1, 0.15) is 25.3 Å². The maximum atomic E-state index is 12.3. The van der Waals surface area contributed by atoms with Crippen molar-refractivity contribution in [1.82, 2.24) is 0 Å². The van der Waals surface area contributed by atoms with Gasteiger partial charge in [0.15, 0.2) is 0 Å². The number of rotatable bonds is 5. The van der Waals surface area contributed by atoms with E-state index in [9.17, 15) is 18.0 Å². The van der Waals surface area contributed by atoms with Crippen LogP contribution in [-0.2, 0) is 11.0 Å². The highest BCUT2D eigenvalue weighted by Gasteiger charge is 2.29. The number of benzene rings is 1. The first kappa shape index (κ1) is 15.5. The van der Waals surface area contributed by atoms with E-state index in [-0.39, 0.29) is 18.2 Å². The van der Waals surface area contributed by atoms with E-state index in [0.717, 1.165) is 18.6 Å². The van der Waals surface area contributed by atoms with Gasteiger partial charge in [0.1, 0.15) is 0 Å². The van der Waals surface area contributed by atoms with Crippen LogP contribution in [0.5, 0.6) is 0 Å². The molecule has 0 fully saturated rings. The highest BCUT2D eigenvalue weighted by molar-refractivity contribution is 5.90. The van der Waals surface area contributed by atoms with Gasteiger partial charge in [-0.2, -0.15) is 13.2 Å². The molecule has 0 saturated carbocycles. The molecule has 0 aromatic heterocycles. The number of hydrogen-bond acceptors (Lipinski definition) is 2. The van der Waals surface area contributed by atoms with Crippen LogP contribution in [-0.4, -0.2) is 12.5 Å². The van der Waals surface area contributed by atoms with E-state index in [1.807, 2.05) is 6.92 Å². The molecular weight excluding hydrogens is 257 g/mol. The minimum atomic E-state index is -4.37. The largest absolute Gasteiger partial charge is 0.416 e. The van der Waals surface area contributed by atoms with E-state index >= 15 is 0 Å². The number of hydrogen-bond donors (Lipinski definition) is 2. The summed E-state index contributed by atoms with van der Waals surface area (Å²) in [5.74, 6) is -0.147. The first-order valence-electron chi connectivity index (χ1n) is 6.04. The minimum Gasteiger partial charge on any atom is -0.330 e. The maximum absolute atomic E-state index is 12.3. The summed E-state index contributed by atoms with van der Waals surface area (Å²) in [7, 11) is 0. The first-order chi connectivity index (χ1) is 8.86. The Balaban J connectivity index is 2.61. The van der Waals surface area contributed by atoms with E-state index in [0.29, 0.717) is 12.2 Å². The topological polar surface area (TPSA) is 55.1 Å². The number of alkyl halides is 3. The third-order valence-electron chi connectivity index (χ3n) is 2.88. The van der Waals surface area contributed by atoms with Gasteiger partial charge in [0.05, 0.1) is 5.56 Å². The second-order valence-electron chi connectivity index (χ2n) is 4.34. The van der Waals surface area contributed by atoms with Crippen molar-refractivity contribution in [1.29, 1.82) is 0 Å². The molecule has 1 unspecified atom stereocenters. The Bertz CT molecular complexity index is 411. The molecule has 1 aromatic carbocycles. The van der Waals surface area contributed by atoms with Crippen LogP contribution < -0.4 is 11.1 Å². The van der Waals surface area contributed by atoms with Crippen LogP contribution in [0, 0.1) is 5.92 Å². The number of halogens is 3. The summed E-state index contributed by atoms with van der Waals surface area (Å²) in [6.45, 7) is 2.35. The highest BCUT2D eigenvalue weighted by atomic mass is 19.4. The zero-order valence-corrected chi connectivity index (χ0v) is 10.6. The van der Waals surface area contributed by atoms with Gasteiger partial charge in [0, 0.05) is 12.1 Å². The van der Waals surface area contributed by atoms with Gasteiger partial charge in [0.25, 0.3) is 0 Å². The molecule has 1 aromatic rings. The fourth-order valence-corrected chi connectivity index (χ4v) is 1.61. The van der Waals surface area contributed by atoms with Gasteiger partial charge in [-0.15, -0.1) is 0 Å². The lowest BCUT2D eigenvalue weighted by molar-refractivity contribution is -0.137. The number of carbonyl (C=O) groups excluding carboxylic acids is 1. The SMILES string of the molecule is CCC(CN)CC(=O)Nc1ccc(C(F)(F)F)cc1. The van der Waals surface area contributed by atoms with E-state index in [1.165, 1.54) is 12.1 Å². The summed E-state index contributed by atoms with van der Waals surface area (Å²) in [6, 6.07) is 4.36. The summed E-state index contributed by atoms with van der Waals surface area (Å²) >= 11 is 0. The second kappa shape index (κ2) is 6.56. The summed E-state index contributed by atoms with van der Waals surface area (Å²) in [6.07, 6.45) is -3.31. The molecule has 0 bridgehead atoms. The summed E-state index contributed by atoms with van der Waals surface area (Å²) < 4.78 is 37.0. The lowest BCUT2D eigenvalue weighted by Gasteiger charge is -2.12. The zero-order valence-electron chi connectivity index (χ0n) is 10.6. The van der Waals surface area contributed by atoms with Crippen molar-refractivity contribution in [3.8, 4) is 0 Å². The van der Waals surface area contributed by atoms with E-state index < -0.39 is 11.7 Å². The molecule has 0 saturated heterocycles. The number of nitrogens with two attached hydrogens (primary N) is 1. The number of nitrogens with one attached hydrogen (secondary N) is 1. The number of amides is 1. The Kier molecular flexibility index (Phi) is 5.35. The molecule has 1 amide bonds. The van der Waals surface area contributed by atoms with E-state index in [1.54, 1.807) is 0 Å². The predicted molar refractivity (Wildman–Crippen MR) is 67.5 cm³/mol. The molecule has 0 spiro atoms. The van der Waals surface area contributed by atoms with E-state index in [2.05, 4.69) is 5.32 Å². The molecule has 1 rings (SSSR count). The predicted octanol–water partition coefficient (Wildman–Crippen LogP) is 3.02. The first-order valence-corrected chi connectivity index (χ1v) is 6.04. The van der Waals surface area contributed by atoms with Crippen LogP contribution in [0.2, 0.25) is 0 Å². The highest BCUT2D eigenvalue weighted by Crippen LogP contribution is 2.29. The molecule has 0 aliphatic heterocycles.